The molecule has 28 heavy (non-hydrogen) atoms. The molecular weight excluding hydrogens is 362 g/mol. The predicted molar refractivity (Wildman–Crippen MR) is 102 cm³/mol. The van der Waals surface area contributed by atoms with Crippen molar-refractivity contribution in [3.8, 4) is 0 Å². The lowest BCUT2D eigenvalue weighted by molar-refractivity contribution is -0.125. The first kappa shape index (κ1) is 19.8. The van der Waals surface area contributed by atoms with E-state index in [1.807, 2.05) is 6.92 Å². The summed E-state index contributed by atoms with van der Waals surface area (Å²) in [4.78, 5) is 29.1. The Morgan fingerprint density at radius 3 is 2.79 bits per heavy atom. The Morgan fingerprint density at radius 2 is 2.11 bits per heavy atom. The molecule has 0 saturated heterocycles. The average molecular weight is 387 g/mol. The van der Waals surface area contributed by atoms with Gasteiger partial charge in [-0.25, -0.2) is 4.98 Å². The van der Waals surface area contributed by atoms with Gasteiger partial charge in [0, 0.05) is 31.3 Å². The number of nitrogens with zero attached hydrogens (tertiary/aromatic N) is 2. The van der Waals surface area contributed by atoms with E-state index in [4.69, 9.17) is 4.52 Å². The molecule has 0 spiro atoms. The lowest BCUT2D eigenvalue weighted by Gasteiger charge is -2.17. The number of pyridine rings is 1. The van der Waals surface area contributed by atoms with Crippen molar-refractivity contribution in [2.45, 2.75) is 45.4 Å². The molecule has 3 rings (SSSR count). The summed E-state index contributed by atoms with van der Waals surface area (Å²) in [6.07, 6.45) is 1.47. The number of hydrogen-bond acceptors (Lipinski definition) is 7. The number of hydrogen-bond donors (Lipinski definition) is 4. The number of nitrogens with one attached hydrogen (secondary N) is 3. The Labute approximate surface area is 162 Å². The minimum Gasteiger partial charge on any atom is -0.391 e. The molecule has 1 aliphatic carbocycles. The van der Waals surface area contributed by atoms with Crippen LogP contribution in [0.2, 0.25) is 0 Å². The molecule has 1 saturated carbocycles. The topological polar surface area (TPSA) is 129 Å². The molecule has 2 amide bonds. The lowest BCUT2D eigenvalue weighted by Crippen LogP contribution is -2.40. The predicted octanol–water partition coefficient (Wildman–Crippen LogP) is 0.914. The van der Waals surface area contributed by atoms with Crippen molar-refractivity contribution < 1.29 is 19.2 Å². The minimum absolute atomic E-state index is 0.159. The Kier molecular flexibility index (Phi) is 5.93. The van der Waals surface area contributed by atoms with E-state index in [9.17, 15) is 14.7 Å². The third-order valence-electron chi connectivity index (χ3n) is 5.13. The van der Waals surface area contributed by atoms with Crippen LogP contribution in [0, 0.1) is 19.8 Å². The number of anilines is 1. The smallest absolute Gasteiger partial charge is 0.255 e. The highest BCUT2D eigenvalue weighted by Gasteiger charge is 2.38. The van der Waals surface area contributed by atoms with Crippen LogP contribution < -0.4 is 16.0 Å². The van der Waals surface area contributed by atoms with E-state index in [-0.39, 0.29) is 17.7 Å². The molecule has 2 heterocycles. The Hall–Kier alpha value is -2.94. The number of aryl methyl sites for hydroxylation is 2. The van der Waals surface area contributed by atoms with Crippen molar-refractivity contribution in [3.63, 3.8) is 0 Å². The van der Waals surface area contributed by atoms with Gasteiger partial charge in [0.25, 0.3) is 5.91 Å². The zero-order valence-electron chi connectivity index (χ0n) is 16.2. The molecule has 0 bridgehead atoms. The van der Waals surface area contributed by atoms with Crippen LogP contribution in [0.15, 0.2) is 22.9 Å². The molecule has 9 nitrogen and oxygen atoms in total. The van der Waals surface area contributed by atoms with Crippen LogP contribution >= 0.6 is 0 Å². The van der Waals surface area contributed by atoms with Gasteiger partial charge >= 0.3 is 0 Å². The summed E-state index contributed by atoms with van der Waals surface area (Å²) in [5.41, 5.74) is 1.99. The molecule has 2 aromatic heterocycles. The maximum Gasteiger partial charge on any atom is 0.255 e. The van der Waals surface area contributed by atoms with E-state index < -0.39 is 12.1 Å². The first-order valence-electron chi connectivity index (χ1n) is 9.21. The second kappa shape index (κ2) is 8.39. The zero-order valence-corrected chi connectivity index (χ0v) is 16.2. The molecule has 150 valence electrons. The highest BCUT2D eigenvalue weighted by molar-refractivity contribution is 5.99. The van der Waals surface area contributed by atoms with Crippen LogP contribution in [-0.4, -0.2) is 46.3 Å². The monoisotopic (exact) mass is 387 g/mol. The number of aliphatic hydroxyl groups excluding tert-OH is 1. The SMILES string of the molecule is CNc1ncccc1C(=O)N[C@H]1C[C@H](C(=O)NCc2c(C)noc2C)C[C@@H]1O. The minimum atomic E-state index is -0.784. The van der Waals surface area contributed by atoms with E-state index in [1.165, 1.54) is 0 Å². The van der Waals surface area contributed by atoms with E-state index in [2.05, 4.69) is 26.1 Å². The third kappa shape index (κ3) is 4.14. The van der Waals surface area contributed by atoms with E-state index in [0.717, 1.165) is 11.3 Å². The summed E-state index contributed by atoms with van der Waals surface area (Å²) in [6, 6.07) is 2.84. The maximum atomic E-state index is 12.5. The fourth-order valence-electron chi connectivity index (χ4n) is 3.49. The zero-order chi connectivity index (χ0) is 20.3. The molecule has 3 atom stereocenters. The fourth-order valence-corrected chi connectivity index (χ4v) is 3.49. The quantitative estimate of drug-likeness (QED) is 0.580. The fraction of sp³-hybridized carbons (Fsp3) is 0.474. The molecule has 1 aliphatic rings. The number of carbonyl (C=O) groups excluding carboxylic acids is 2. The summed E-state index contributed by atoms with van der Waals surface area (Å²) in [5.74, 6) is 0.261. The van der Waals surface area contributed by atoms with Crippen molar-refractivity contribution in [1.29, 1.82) is 0 Å². The molecule has 4 N–H and O–H groups in total. The van der Waals surface area contributed by atoms with Crippen molar-refractivity contribution >= 4 is 17.6 Å². The lowest BCUT2D eigenvalue weighted by atomic mass is 10.1. The number of amides is 2. The van der Waals surface area contributed by atoms with Crippen molar-refractivity contribution in [2.75, 3.05) is 12.4 Å². The van der Waals surface area contributed by atoms with Gasteiger partial charge in [-0.05, 0) is 38.8 Å². The summed E-state index contributed by atoms with van der Waals surface area (Å²) < 4.78 is 5.09. The molecule has 9 heteroatoms. The number of aromatic nitrogens is 2. The van der Waals surface area contributed by atoms with Gasteiger partial charge in [-0.3, -0.25) is 9.59 Å². The molecule has 2 aromatic rings. The third-order valence-corrected chi connectivity index (χ3v) is 5.13. The first-order valence-corrected chi connectivity index (χ1v) is 9.21. The van der Waals surface area contributed by atoms with Crippen LogP contribution in [0.1, 0.15) is 40.2 Å². The van der Waals surface area contributed by atoms with Crippen LogP contribution in [0.3, 0.4) is 0 Å². The Balaban J connectivity index is 1.58. The molecule has 0 radical (unpaired) electrons. The number of aliphatic hydroxyl groups is 1. The van der Waals surface area contributed by atoms with Crippen molar-refractivity contribution in [1.82, 2.24) is 20.8 Å². The largest absolute Gasteiger partial charge is 0.391 e. The Bertz CT molecular complexity index is 846. The van der Waals surface area contributed by atoms with Crippen LogP contribution in [0.25, 0.3) is 0 Å². The highest BCUT2D eigenvalue weighted by Crippen LogP contribution is 2.27. The van der Waals surface area contributed by atoms with E-state index >= 15 is 0 Å². The van der Waals surface area contributed by atoms with Gasteiger partial charge in [0.15, 0.2) is 0 Å². The summed E-state index contributed by atoms with van der Waals surface area (Å²) in [7, 11) is 1.68. The normalized spacial score (nSPS) is 21.4. The van der Waals surface area contributed by atoms with Gasteiger partial charge in [-0.15, -0.1) is 0 Å². The molecule has 0 aliphatic heterocycles. The summed E-state index contributed by atoms with van der Waals surface area (Å²) in [5, 5.41) is 22.7. The van der Waals surface area contributed by atoms with Gasteiger partial charge in [-0.2, -0.15) is 0 Å². The second-order valence-electron chi connectivity index (χ2n) is 6.99. The number of rotatable bonds is 6. The standard InChI is InChI=1S/C19H25N5O4/c1-10-14(11(2)28-24-10)9-22-18(26)12-7-15(16(25)8-12)23-19(27)13-5-4-6-21-17(13)20-3/h4-6,12,15-16,25H,7-9H2,1-3H3,(H,20,21)(H,22,26)(H,23,27)/t12-,15-,16-/m0/s1. The van der Waals surface area contributed by atoms with E-state index in [0.29, 0.717) is 36.5 Å². The van der Waals surface area contributed by atoms with Gasteiger partial charge in [0.2, 0.25) is 5.91 Å². The van der Waals surface area contributed by atoms with Gasteiger partial charge in [-0.1, -0.05) is 5.16 Å². The van der Waals surface area contributed by atoms with Crippen LogP contribution in [0.5, 0.6) is 0 Å². The van der Waals surface area contributed by atoms with Crippen LogP contribution in [0.4, 0.5) is 5.82 Å². The molecule has 1 fully saturated rings. The van der Waals surface area contributed by atoms with Crippen molar-refractivity contribution in [2.24, 2.45) is 5.92 Å². The summed E-state index contributed by atoms with van der Waals surface area (Å²) in [6.45, 7) is 3.94. The molecule has 0 aromatic carbocycles. The average Bonchev–Trinajstić information content (AvgIpc) is 3.21. The van der Waals surface area contributed by atoms with Gasteiger partial charge < -0.3 is 25.6 Å². The molecule has 0 unspecified atom stereocenters. The number of carbonyl (C=O) groups is 2. The summed E-state index contributed by atoms with van der Waals surface area (Å²) >= 11 is 0. The van der Waals surface area contributed by atoms with Gasteiger partial charge in [0.05, 0.1) is 23.4 Å². The van der Waals surface area contributed by atoms with E-state index in [1.54, 1.807) is 32.3 Å². The van der Waals surface area contributed by atoms with Crippen molar-refractivity contribution in [3.05, 3.63) is 40.9 Å². The highest BCUT2D eigenvalue weighted by atomic mass is 16.5. The first-order chi connectivity index (χ1) is 13.4. The van der Waals surface area contributed by atoms with Gasteiger partial charge in [0.1, 0.15) is 11.6 Å². The molecular formula is C19H25N5O4. The van der Waals surface area contributed by atoms with Crippen LogP contribution in [-0.2, 0) is 11.3 Å². The Morgan fingerprint density at radius 1 is 1.32 bits per heavy atom. The second-order valence-corrected chi connectivity index (χ2v) is 6.99. The maximum absolute atomic E-state index is 12.5.